The third-order valence-corrected chi connectivity index (χ3v) is 13.3. The number of hydrogen-bond acceptors (Lipinski definition) is 7. The number of fused-ring (bicyclic) bond motifs is 4. The highest BCUT2D eigenvalue weighted by Gasteiger charge is 2.70. The van der Waals surface area contributed by atoms with Gasteiger partial charge in [-0.2, -0.15) is 0 Å². The van der Waals surface area contributed by atoms with E-state index in [9.17, 15) is 19.5 Å². The Bertz CT molecular complexity index is 2540. The zero-order chi connectivity index (χ0) is 39.7. The zero-order valence-electron chi connectivity index (χ0n) is 30.5. The number of carbonyl (C=O) groups excluding carboxylic acids is 5. The molecule has 6 atom stereocenters. The lowest BCUT2D eigenvalue weighted by atomic mass is 9.49. The van der Waals surface area contributed by atoms with E-state index >= 15 is 9.59 Å². The van der Waals surface area contributed by atoms with E-state index in [1.165, 1.54) is 16.9 Å². The summed E-state index contributed by atoms with van der Waals surface area (Å²) in [5, 5.41) is 11.3. The quantitative estimate of drug-likeness (QED) is 0.0757. The van der Waals surface area contributed by atoms with Crippen LogP contribution in [0.2, 0.25) is 5.02 Å². The molecule has 0 bridgehead atoms. The van der Waals surface area contributed by atoms with E-state index in [1.807, 2.05) is 65.1 Å². The van der Waals surface area contributed by atoms with Gasteiger partial charge in [0.15, 0.2) is 17.3 Å². The second-order valence-corrected chi connectivity index (χ2v) is 16.5. The number of allylic oxidation sites excluding steroid dienone is 2. The fourth-order valence-electron chi connectivity index (χ4n) is 9.81. The molecule has 284 valence electrons. The fraction of sp³-hybridized carbons (Fsp3) is 0.196. The van der Waals surface area contributed by atoms with E-state index in [0.717, 1.165) is 5.57 Å². The smallest absolute Gasteiger partial charge is 0.246 e. The highest BCUT2D eigenvalue weighted by molar-refractivity contribution is 14.1. The molecule has 1 saturated carbocycles. The number of ether oxygens (including phenoxy) is 1. The van der Waals surface area contributed by atoms with Gasteiger partial charge in [-0.3, -0.25) is 28.9 Å². The molecule has 2 aliphatic heterocycles. The maximum absolute atomic E-state index is 15.5. The molecule has 57 heavy (non-hydrogen) atoms. The van der Waals surface area contributed by atoms with Crippen LogP contribution in [-0.4, -0.2) is 41.6 Å². The Hall–Kier alpha value is -5.59. The number of rotatable bonds is 7. The van der Waals surface area contributed by atoms with Crippen molar-refractivity contribution in [2.24, 2.45) is 23.7 Å². The topological polar surface area (TPSA) is 121 Å². The lowest BCUT2D eigenvalue weighted by Gasteiger charge is -2.50. The molecular formula is C46H34ClIN2O7. The van der Waals surface area contributed by atoms with Gasteiger partial charge in [-0.1, -0.05) is 90.0 Å². The van der Waals surface area contributed by atoms with Crippen molar-refractivity contribution >= 4 is 75.0 Å². The van der Waals surface area contributed by atoms with Crippen molar-refractivity contribution in [1.82, 2.24) is 0 Å². The summed E-state index contributed by atoms with van der Waals surface area (Å²) in [4.78, 5) is 75.2. The van der Waals surface area contributed by atoms with Crippen LogP contribution >= 0.6 is 34.2 Å². The predicted octanol–water partition coefficient (Wildman–Crippen LogP) is 8.26. The summed E-state index contributed by atoms with van der Waals surface area (Å²) < 4.78 is 6.11. The predicted molar refractivity (Wildman–Crippen MR) is 222 cm³/mol. The van der Waals surface area contributed by atoms with Crippen LogP contribution in [0.4, 0.5) is 11.4 Å². The number of methoxy groups -OCH3 is 1. The number of phenols is 1. The van der Waals surface area contributed by atoms with Crippen molar-refractivity contribution in [1.29, 1.82) is 0 Å². The molecule has 3 fully saturated rings. The molecule has 5 aromatic carbocycles. The van der Waals surface area contributed by atoms with Crippen LogP contribution in [-0.2, 0) is 24.6 Å². The van der Waals surface area contributed by atoms with E-state index in [-0.39, 0.29) is 36.0 Å². The number of imide groups is 2. The summed E-state index contributed by atoms with van der Waals surface area (Å²) in [5.74, 6) is -5.50. The van der Waals surface area contributed by atoms with Crippen molar-refractivity contribution in [3.05, 3.63) is 164 Å². The zero-order valence-corrected chi connectivity index (χ0v) is 33.4. The first-order valence-electron chi connectivity index (χ1n) is 18.6. The van der Waals surface area contributed by atoms with Gasteiger partial charge in [-0.15, -0.1) is 0 Å². The van der Waals surface area contributed by atoms with Gasteiger partial charge in [0.2, 0.25) is 23.6 Å². The van der Waals surface area contributed by atoms with Gasteiger partial charge < -0.3 is 9.84 Å². The number of aromatic hydroxyl groups is 1. The molecule has 9 nitrogen and oxygen atoms in total. The molecule has 1 N–H and O–H groups in total. The Labute approximate surface area is 347 Å². The summed E-state index contributed by atoms with van der Waals surface area (Å²) in [6.07, 6.45) is 2.35. The maximum atomic E-state index is 15.5. The minimum absolute atomic E-state index is 0.0599. The number of hydrogen-bond donors (Lipinski definition) is 1. The normalized spacial score (nSPS) is 25.2. The van der Waals surface area contributed by atoms with Crippen molar-refractivity contribution < 1.29 is 33.8 Å². The summed E-state index contributed by atoms with van der Waals surface area (Å²) in [6, 6.07) is 34.7. The van der Waals surface area contributed by atoms with Crippen molar-refractivity contribution in [3.8, 4) is 11.5 Å². The monoisotopic (exact) mass is 888 g/mol. The lowest BCUT2D eigenvalue weighted by Crippen LogP contribution is -2.53. The number of amides is 4. The van der Waals surface area contributed by atoms with E-state index in [0.29, 0.717) is 42.2 Å². The molecule has 9 rings (SSSR count). The van der Waals surface area contributed by atoms with E-state index in [4.69, 9.17) is 16.3 Å². The maximum Gasteiger partial charge on any atom is 0.246 e. The third kappa shape index (κ3) is 5.59. The molecule has 4 aliphatic rings. The van der Waals surface area contributed by atoms with Gasteiger partial charge in [-0.25, -0.2) is 4.90 Å². The van der Waals surface area contributed by atoms with Crippen LogP contribution in [0.25, 0.3) is 0 Å². The summed E-state index contributed by atoms with van der Waals surface area (Å²) in [5.41, 5.74) is 2.19. The Kier molecular flexibility index (Phi) is 9.16. The summed E-state index contributed by atoms with van der Waals surface area (Å²) in [6.45, 7) is 0. The van der Waals surface area contributed by atoms with Gasteiger partial charge >= 0.3 is 0 Å². The average Bonchev–Trinajstić information content (AvgIpc) is 3.62. The van der Waals surface area contributed by atoms with Crippen molar-refractivity contribution in [2.45, 2.75) is 24.2 Å². The number of ketones is 1. The molecule has 2 heterocycles. The summed E-state index contributed by atoms with van der Waals surface area (Å²) >= 11 is 8.46. The number of benzene rings is 5. The molecule has 0 spiro atoms. The van der Waals surface area contributed by atoms with Gasteiger partial charge in [-0.05, 0) is 107 Å². The van der Waals surface area contributed by atoms with Crippen molar-refractivity contribution in [3.63, 3.8) is 0 Å². The molecule has 2 aliphatic carbocycles. The van der Waals surface area contributed by atoms with Gasteiger partial charge in [0.25, 0.3) is 0 Å². The number of halogens is 2. The van der Waals surface area contributed by atoms with E-state index in [2.05, 4.69) is 0 Å². The largest absolute Gasteiger partial charge is 0.504 e. The second-order valence-electron chi connectivity index (χ2n) is 14.9. The minimum Gasteiger partial charge on any atom is -0.504 e. The van der Waals surface area contributed by atoms with Gasteiger partial charge in [0, 0.05) is 22.1 Å². The van der Waals surface area contributed by atoms with E-state index in [1.54, 1.807) is 84.9 Å². The summed E-state index contributed by atoms with van der Waals surface area (Å²) in [7, 11) is 1.45. The van der Waals surface area contributed by atoms with Gasteiger partial charge in [0.05, 0.1) is 45.2 Å². The first-order valence-corrected chi connectivity index (χ1v) is 20.0. The molecular weight excluding hydrogens is 855 g/mol. The molecule has 0 unspecified atom stereocenters. The van der Waals surface area contributed by atoms with Crippen LogP contribution in [0.3, 0.4) is 0 Å². The number of carbonyl (C=O) groups is 5. The molecule has 0 aromatic heterocycles. The Morgan fingerprint density at radius 2 is 1.46 bits per heavy atom. The lowest BCUT2D eigenvalue weighted by molar-refractivity contribution is -0.127. The minimum atomic E-state index is -1.48. The Balaban J connectivity index is 1.19. The molecule has 5 aromatic rings. The number of nitrogens with zero attached hydrogens (tertiary/aromatic N) is 2. The second kappa shape index (κ2) is 14.1. The highest BCUT2D eigenvalue weighted by Crippen LogP contribution is 2.65. The molecule has 4 amide bonds. The number of anilines is 2. The van der Waals surface area contributed by atoms with Crippen LogP contribution in [0.5, 0.6) is 11.5 Å². The van der Waals surface area contributed by atoms with Gasteiger partial charge in [0.1, 0.15) is 0 Å². The molecule has 2 saturated heterocycles. The SMILES string of the molecule is COc1cc([C@H]2C3=CC[C@@H]4C(=O)N(c5ccc(C(=O)c6ccccc6)cc5)C(=O)[C@@H]4[C@@H]3C[C@H]3C(=O)N(c4cccc(Cl)c4)C(=O)[C@@]23c2ccccc2)cc(I)c1O. The van der Waals surface area contributed by atoms with Crippen molar-refractivity contribution in [2.75, 3.05) is 16.9 Å². The fourth-order valence-corrected chi connectivity index (χ4v) is 10.6. The van der Waals surface area contributed by atoms with Crippen LogP contribution in [0.15, 0.2) is 133 Å². The number of phenolic OH excluding ortho intramolecular Hbond substituents is 1. The highest BCUT2D eigenvalue weighted by atomic mass is 127. The van der Waals surface area contributed by atoms with Crippen LogP contribution in [0.1, 0.15) is 45.8 Å². The van der Waals surface area contributed by atoms with Crippen LogP contribution < -0.4 is 14.5 Å². The van der Waals surface area contributed by atoms with E-state index < -0.39 is 52.7 Å². The molecule has 0 radical (unpaired) electrons. The Morgan fingerprint density at radius 1 is 0.772 bits per heavy atom. The molecule has 11 heteroatoms. The third-order valence-electron chi connectivity index (χ3n) is 12.2. The first-order chi connectivity index (χ1) is 27.6. The Morgan fingerprint density at radius 3 is 2.14 bits per heavy atom. The average molecular weight is 889 g/mol. The standard InChI is InChI=1S/C46H34ClIN2O7/c1-57-37-22-27(21-36(48)41(37)52)39-32-19-20-33-38(44(55)49(42(33)53)30-17-15-26(16-18-30)40(51)25-9-4-2-5-10-25)34(32)24-35-43(54)50(31-14-8-13-29(47)23-31)45(56)46(35,39)28-11-6-3-7-12-28/h2-19,21-23,33-35,38-39,52H,20,24H2,1H3/t33-,34+,35-,38-,39-,46+/m0/s1. The van der Waals surface area contributed by atoms with Crippen LogP contribution in [0, 0.1) is 27.2 Å². The first kappa shape index (κ1) is 37.0.